The lowest BCUT2D eigenvalue weighted by molar-refractivity contribution is -0.142. The number of carbonyl (C=O) groups is 1. The van der Waals surface area contributed by atoms with Gasteiger partial charge in [0.25, 0.3) is 0 Å². The molecule has 1 N–H and O–H groups in total. The third-order valence-corrected chi connectivity index (χ3v) is 3.26. The first-order valence-corrected chi connectivity index (χ1v) is 7.09. The van der Waals surface area contributed by atoms with Gasteiger partial charge in [0.1, 0.15) is 5.75 Å². The third kappa shape index (κ3) is 7.11. The molecule has 1 aromatic rings. The minimum atomic E-state index is -0.761. The fourth-order valence-corrected chi connectivity index (χ4v) is 2.04. The number of hydrogen-bond donors (Lipinski definition) is 1. The van der Waals surface area contributed by atoms with E-state index in [-0.39, 0.29) is 5.92 Å². The quantitative estimate of drug-likeness (QED) is 0.635. The zero-order valence-corrected chi connectivity index (χ0v) is 12.7. The SMILES string of the molecule is COCCOCCCC(Cc1ccc(OC)cc1)C(=O)O. The fraction of sp³-hybridized carbons (Fsp3) is 0.562. The van der Waals surface area contributed by atoms with Crippen LogP contribution in [0.3, 0.4) is 0 Å². The van der Waals surface area contributed by atoms with Crippen LogP contribution in [0.15, 0.2) is 24.3 Å². The summed E-state index contributed by atoms with van der Waals surface area (Å²) in [6, 6.07) is 7.51. The number of rotatable bonds is 11. The van der Waals surface area contributed by atoms with Crippen molar-refractivity contribution >= 4 is 5.97 Å². The Labute approximate surface area is 125 Å². The molecule has 0 saturated heterocycles. The largest absolute Gasteiger partial charge is 0.497 e. The van der Waals surface area contributed by atoms with Gasteiger partial charge in [0, 0.05) is 13.7 Å². The molecule has 1 rings (SSSR count). The highest BCUT2D eigenvalue weighted by atomic mass is 16.5. The molecule has 0 heterocycles. The van der Waals surface area contributed by atoms with Crippen molar-refractivity contribution in [1.82, 2.24) is 0 Å². The summed E-state index contributed by atoms with van der Waals surface area (Å²) in [5, 5.41) is 9.29. The van der Waals surface area contributed by atoms with E-state index in [9.17, 15) is 9.90 Å². The second-order valence-corrected chi connectivity index (χ2v) is 4.83. The average molecular weight is 296 g/mol. The molecule has 5 nitrogen and oxygen atoms in total. The van der Waals surface area contributed by atoms with Gasteiger partial charge in [0.2, 0.25) is 0 Å². The maximum atomic E-state index is 11.3. The van der Waals surface area contributed by atoms with Crippen LogP contribution in [0.25, 0.3) is 0 Å². The molecule has 0 bridgehead atoms. The van der Waals surface area contributed by atoms with Crippen LogP contribution >= 0.6 is 0 Å². The monoisotopic (exact) mass is 296 g/mol. The zero-order valence-electron chi connectivity index (χ0n) is 12.7. The number of ether oxygens (including phenoxy) is 3. The van der Waals surface area contributed by atoms with Gasteiger partial charge < -0.3 is 19.3 Å². The first kappa shape index (κ1) is 17.5. The Hall–Kier alpha value is -1.59. The van der Waals surface area contributed by atoms with Crippen molar-refractivity contribution in [3.63, 3.8) is 0 Å². The van der Waals surface area contributed by atoms with Gasteiger partial charge in [0.15, 0.2) is 0 Å². The Bertz CT molecular complexity index is 402. The third-order valence-electron chi connectivity index (χ3n) is 3.26. The number of benzene rings is 1. The highest BCUT2D eigenvalue weighted by Crippen LogP contribution is 2.18. The molecule has 118 valence electrons. The predicted molar refractivity (Wildman–Crippen MR) is 79.8 cm³/mol. The van der Waals surface area contributed by atoms with E-state index in [1.807, 2.05) is 24.3 Å². The molecule has 1 unspecified atom stereocenters. The van der Waals surface area contributed by atoms with Gasteiger partial charge in [0.05, 0.1) is 26.2 Å². The first-order chi connectivity index (χ1) is 10.2. The van der Waals surface area contributed by atoms with E-state index in [4.69, 9.17) is 14.2 Å². The van der Waals surface area contributed by atoms with Crippen molar-refractivity contribution in [2.75, 3.05) is 34.0 Å². The smallest absolute Gasteiger partial charge is 0.306 e. The van der Waals surface area contributed by atoms with Crippen LogP contribution in [0.2, 0.25) is 0 Å². The predicted octanol–water partition coefficient (Wildman–Crippen LogP) is 2.38. The Morgan fingerprint density at radius 1 is 1.14 bits per heavy atom. The lowest BCUT2D eigenvalue weighted by Crippen LogP contribution is -2.17. The summed E-state index contributed by atoms with van der Waals surface area (Å²) in [5.74, 6) is -0.371. The molecule has 0 aliphatic heterocycles. The van der Waals surface area contributed by atoms with Gasteiger partial charge in [-0.05, 0) is 37.0 Å². The summed E-state index contributed by atoms with van der Waals surface area (Å²) in [5.41, 5.74) is 1.00. The summed E-state index contributed by atoms with van der Waals surface area (Å²) in [4.78, 5) is 11.3. The molecule has 0 fully saturated rings. The summed E-state index contributed by atoms with van der Waals surface area (Å²) >= 11 is 0. The molecule has 0 spiro atoms. The van der Waals surface area contributed by atoms with Crippen molar-refractivity contribution in [2.45, 2.75) is 19.3 Å². The van der Waals surface area contributed by atoms with Crippen LogP contribution < -0.4 is 4.74 Å². The molecule has 0 aromatic heterocycles. The van der Waals surface area contributed by atoms with E-state index in [0.29, 0.717) is 32.7 Å². The molecule has 0 aliphatic carbocycles. The van der Waals surface area contributed by atoms with Gasteiger partial charge in [-0.3, -0.25) is 4.79 Å². The molecular weight excluding hydrogens is 272 g/mol. The van der Waals surface area contributed by atoms with E-state index in [2.05, 4.69) is 0 Å². The summed E-state index contributed by atoms with van der Waals surface area (Å²) < 4.78 is 15.3. The van der Waals surface area contributed by atoms with Crippen molar-refractivity contribution in [1.29, 1.82) is 0 Å². The lowest BCUT2D eigenvalue weighted by Gasteiger charge is -2.13. The Morgan fingerprint density at radius 2 is 1.86 bits per heavy atom. The van der Waals surface area contributed by atoms with Crippen molar-refractivity contribution in [2.24, 2.45) is 5.92 Å². The molecule has 1 aromatic carbocycles. The zero-order chi connectivity index (χ0) is 15.5. The van der Waals surface area contributed by atoms with E-state index >= 15 is 0 Å². The number of hydrogen-bond acceptors (Lipinski definition) is 4. The number of aliphatic carboxylic acids is 1. The van der Waals surface area contributed by atoms with E-state index in [0.717, 1.165) is 17.7 Å². The van der Waals surface area contributed by atoms with Crippen LogP contribution in [0.1, 0.15) is 18.4 Å². The van der Waals surface area contributed by atoms with Crippen molar-refractivity contribution < 1.29 is 24.1 Å². The second kappa shape index (κ2) is 10.2. The van der Waals surface area contributed by atoms with Gasteiger partial charge in [-0.1, -0.05) is 12.1 Å². The molecule has 5 heteroatoms. The molecule has 0 amide bonds. The lowest BCUT2D eigenvalue weighted by atomic mass is 9.95. The summed E-state index contributed by atoms with van der Waals surface area (Å²) in [7, 11) is 3.23. The highest BCUT2D eigenvalue weighted by Gasteiger charge is 2.17. The second-order valence-electron chi connectivity index (χ2n) is 4.83. The normalized spacial score (nSPS) is 12.1. The van der Waals surface area contributed by atoms with Gasteiger partial charge in [-0.2, -0.15) is 0 Å². The van der Waals surface area contributed by atoms with Crippen molar-refractivity contribution in [3.8, 4) is 5.75 Å². The Balaban J connectivity index is 2.37. The minimum Gasteiger partial charge on any atom is -0.497 e. The van der Waals surface area contributed by atoms with Crippen molar-refractivity contribution in [3.05, 3.63) is 29.8 Å². The van der Waals surface area contributed by atoms with Crippen LogP contribution in [0, 0.1) is 5.92 Å². The molecule has 1 atom stereocenters. The Kier molecular flexibility index (Phi) is 8.47. The standard InChI is InChI=1S/C16H24O5/c1-19-10-11-21-9-3-4-14(16(17)18)12-13-5-7-15(20-2)8-6-13/h5-8,14H,3-4,9-12H2,1-2H3,(H,17,18). The van der Waals surface area contributed by atoms with E-state index in [1.165, 1.54) is 0 Å². The summed E-state index contributed by atoms with van der Waals surface area (Å²) in [6.07, 6.45) is 1.86. The maximum Gasteiger partial charge on any atom is 0.306 e. The summed E-state index contributed by atoms with van der Waals surface area (Å²) in [6.45, 7) is 1.68. The van der Waals surface area contributed by atoms with Gasteiger partial charge in [-0.25, -0.2) is 0 Å². The van der Waals surface area contributed by atoms with Gasteiger partial charge >= 0.3 is 5.97 Å². The topological polar surface area (TPSA) is 65.0 Å². The molecular formula is C16H24O5. The molecule has 0 aliphatic rings. The van der Waals surface area contributed by atoms with Crippen LogP contribution in [-0.4, -0.2) is 45.1 Å². The van der Waals surface area contributed by atoms with Crippen LogP contribution in [0.4, 0.5) is 0 Å². The highest BCUT2D eigenvalue weighted by molar-refractivity contribution is 5.70. The fourth-order valence-electron chi connectivity index (χ4n) is 2.04. The number of carboxylic acid groups (broad SMARTS) is 1. The molecule has 0 radical (unpaired) electrons. The molecule has 0 saturated carbocycles. The van der Waals surface area contributed by atoms with Gasteiger partial charge in [-0.15, -0.1) is 0 Å². The first-order valence-electron chi connectivity index (χ1n) is 7.09. The Morgan fingerprint density at radius 3 is 2.43 bits per heavy atom. The van der Waals surface area contributed by atoms with E-state index < -0.39 is 5.97 Å². The average Bonchev–Trinajstić information content (AvgIpc) is 2.50. The van der Waals surface area contributed by atoms with Crippen LogP contribution in [0.5, 0.6) is 5.75 Å². The van der Waals surface area contributed by atoms with E-state index in [1.54, 1.807) is 14.2 Å². The maximum absolute atomic E-state index is 11.3. The molecule has 21 heavy (non-hydrogen) atoms. The minimum absolute atomic E-state index is 0.385. The number of carboxylic acids is 1. The number of methoxy groups -OCH3 is 2. The van der Waals surface area contributed by atoms with Crippen LogP contribution in [-0.2, 0) is 20.7 Å².